The van der Waals surface area contributed by atoms with Crippen LogP contribution in [0.15, 0.2) is 18.2 Å². The molecule has 0 aromatic heterocycles. The number of benzene rings is 1. The highest BCUT2D eigenvalue weighted by molar-refractivity contribution is 6.32. The van der Waals surface area contributed by atoms with E-state index in [1.54, 1.807) is 18.2 Å². The predicted molar refractivity (Wildman–Crippen MR) is 57.1 cm³/mol. The fraction of sp³-hybridized carbons (Fsp3) is 0.300. The molecule has 15 heavy (non-hydrogen) atoms. The molecule has 0 aliphatic carbocycles. The molecule has 1 aromatic rings. The van der Waals surface area contributed by atoms with Crippen LogP contribution in [0.3, 0.4) is 0 Å². The summed E-state index contributed by atoms with van der Waals surface area (Å²) >= 11 is 5.83. The highest BCUT2D eigenvalue weighted by atomic mass is 35.5. The molecule has 0 unspecified atom stereocenters. The molecule has 0 spiro atoms. The zero-order valence-corrected chi connectivity index (χ0v) is 9.54. The Bertz CT molecular complexity index is 368. The first-order valence-electron chi connectivity index (χ1n) is 4.26. The number of nitrogens with zero attached hydrogens (tertiary/aromatic N) is 1. The van der Waals surface area contributed by atoms with Crippen LogP contribution >= 0.6 is 11.6 Å². The zero-order valence-electron chi connectivity index (χ0n) is 8.78. The maximum atomic E-state index is 11.7. The van der Waals surface area contributed by atoms with Gasteiger partial charge in [0.05, 0.1) is 19.2 Å². The van der Waals surface area contributed by atoms with Crippen molar-refractivity contribution < 1.29 is 14.4 Å². The summed E-state index contributed by atoms with van der Waals surface area (Å²) in [6.07, 6.45) is 0. The molecule has 0 saturated heterocycles. The van der Waals surface area contributed by atoms with Gasteiger partial charge in [-0.15, -0.1) is 0 Å². The minimum Gasteiger partial charge on any atom is -0.495 e. The fourth-order valence-electron chi connectivity index (χ4n) is 1.06. The molecule has 0 heterocycles. The van der Waals surface area contributed by atoms with E-state index in [9.17, 15) is 4.79 Å². The Hall–Kier alpha value is -1.26. The third-order valence-electron chi connectivity index (χ3n) is 1.96. The van der Waals surface area contributed by atoms with Crippen LogP contribution < -0.4 is 4.74 Å². The number of hydrogen-bond acceptors (Lipinski definition) is 3. The number of ether oxygens (including phenoxy) is 1. The Morgan fingerprint density at radius 1 is 1.40 bits per heavy atom. The average molecular weight is 230 g/mol. The third kappa shape index (κ3) is 2.61. The van der Waals surface area contributed by atoms with E-state index in [2.05, 4.69) is 0 Å². The lowest BCUT2D eigenvalue weighted by atomic mass is 10.2. The molecule has 4 nitrogen and oxygen atoms in total. The van der Waals surface area contributed by atoms with Gasteiger partial charge in [-0.3, -0.25) is 9.63 Å². The lowest BCUT2D eigenvalue weighted by molar-refractivity contribution is -0.0757. The molecule has 5 heteroatoms. The van der Waals surface area contributed by atoms with Crippen LogP contribution in [0, 0.1) is 0 Å². The molecule has 0 atom stereocenters. The molecule has 1 amide bonds. The van der Waals surface area contributed by atoms with Gasteiger partial charge in [0.25, 0.3) is 5.91 Å². The first-order chi connectivity index (χ1) is 7.10. The van der Waals surface area contributed by atoms with Crippen LogP contribution in [-0.4, -0.2) is 32.2 Å². The molecule has 0 saturated carbocycles. The number of hydrogen-bond donors (Lipinski definition) is 0. The van der Waals surface area contributed by atoms with Gasteiger partial charge in [-0.1, -0.05) is 11.6 Å². The van der Waals surface area contributed by atoms with E-state index in [1.165, 1.54) is 21.3 Å². The Labute approximate surface area is 93.3 Å². The van der Waals surface area contributed by atoms with Gasteiger partial charge in [0.15, 0.2) is 0 Å². The zero-order chi connectivity index (χ0) is 11.4. The Morgan fingerprint density at radius 3 is 2.60 bits per heavy atom. The standard InChI is InChI=1S/C10H12ClNO3/c1-12(15-3)10(13)7-4-5-8(11)9(6-7)14-2/h4-6H,1-3H3. The average Bonchev–Trinajstić information content (AvgIpc) is 2.27. The van der Waals surface area contributed by atoms with Crippen molar-refractivity contribution in [2.75, 3.05) is 21.3 Å². The van der Waals surface area contributed by atoms with Crippen LogP contribution in [0.25, 0.3) is 0 Å². The van der Waals surface area contributed by atoms with Crippen molar-refractivity contribution in [2.24, 2.45) is 0 Å². The summed E-state index contributed by atoms with van der Waals surface area (Å²) in [5.74, 6) is 0.208. The first kappa shape index (κ1) is 11.8. The summed E-state index contributed by atoms with van der Waals surface area (Å²) in [5.41, 5.74) is 0.459. The molecule has 1 rings (SSSR count). The van der Waals surface area contributed by atoms with Crippen LogP contribution in [0.1, 0.15) is 10.4 Å². The van der Waals surface area contributed by atoms with Crippen LogP contribution in [0.2, 0.25) is 5.02 Å². The van der Waals surface area contributed by atoms with Crippen molar-refractivity contribution in [3.63, 3.8) is 0 Å². The van der Waals surface area contributed by atoms with E-state index in [1.807, 2.05) is 0 Å². The number of halogens is 1. The second kappa shape index (κ2) is 5.00. The molecule has 0 aliphatic rings. The van der Waals surface area contributed by atoms with Gasteiger partial charge in [0, 0.05) is 12.6 Å². The monoisotopic (exact) mass is 229 g/mol. The quantitative estimate of drug-likeness (QED) is 0.744. The predicted octanol–water partition coefficient (Wildman–Crippen LogP) is 1.98. The molecular formula is C10H12ClNO3. The van der Waals surface area contributed by atoms with Gasteiger partial charge < -0.3 is 4.74 Å². The van der Waals surface area contributed by atoms with Gasteiger partial charge >= 0.3 is 0 Å². The van der Waals surface area contributed by atoms with Crippen LogP contribution in [-0.2, 0) is 4.84 Å². The summed E-state index contributed by atoms with van der Waals surface area (Å²) in [7, 11) is 4.45. The highest BCUT2D eigenvalue weighted by Gasteiger charge is 2.13. The van der Waals surface area contributed by atoms with Crippen LogP contribution in [0.4, 0.5) is 0 Å². The topological polar surface area (TPSA) is 38.8 Å². The Balaban J connectivity index is 3.01. The number of carbonyl (C=O) groups excluding carboxylic acids is 1. The summed E-state index contributed by atoms with van der Waals surface area (Å²) in [6, 6.07) is 4.79. The SMILES string of the molecule is COc1cc(C(=O)N(C)OC)ccc1Cl. The maximum absolute atomic E-state index is 11.7. The molecule has 0 N–H and O–H groups in total. The van der Waals surface area contributed by atoms with E-state index in [0.29, 0.717) is 16.3 Å². The van der Waals surface area contributed by atoms with Gasteiger partial charge in [-0.05, 0) is 18.2 Å². The lowest BCUT2D eigenvalue weighted by Gasteiger charge is -2.14. The number of hydroxylamine groups is 2. The number of methoxy groups -OCH3 is 1. The smallest absolute Gasteiger partial charge is 0.277 e. The largest absolute Gasteiger partial charge is 0.495 e. The van der Waals surface area contributed by atoms with Crippen molar-refractivity contribution in [1.29, 1.82) is 0 Å². The van der Waals surface area contributed by atoms with E-state index < -0.39 is 0 Å². The molecular weight excluding hydrogens is 218 g/mol. The third-order valence-corrected chi connectivity index (χ3v) is 2.27. The second-order valence-corrected chi connectivity index (χ2v) is 3.24. The molecule has 0 fully saturated rings. The van der Waals surface area contributed by atoms with E-state index in [0.717, 1.165) is 5.06 Å². The second-order valence-electron chi connectivity index (χ2n) is 2.83. The molecule has 0 bridgehead atoms. The minimum atomic E-state index is -0.257. The lowest BCUT2D eigenvalue weighted by Crippen LogP contribution is -2.25. The van der Waals surface area contributed by atoms with Crippen LogP contribution in [0.5, 0.6) is 5.75 Å². The Kier molecular flexibility index (Phi) is 3.94. The van der Waals surface area contributed by atoms with Crippen molar-refractivity contribution in [1.82, 2.24) is 5.06 Å². The highest BCUT2D eigenvalue weighted by Crippen LogP contribution is 2.25. The van der Waals surface area contributed by atoms with E-state index in [-0.39, 0.29) is 5.91 Å². The molecule has 0 radical (unpaired) electrons. The Morgan fingerprint density at radius 2 is 2.07 bits per heavy atom. The summed E-state index contributed by atoms with van der Waals surface area (Å²) in [5, 5.41) is 1.59. The van der Waals surface area contributed by atoms with Gasteiger partial charge in [0.2, 0.25) is 0 Å². The van der Waals surface area contributed by atoms with Crippen molar-refractivity contribution in [3.05, 3.63) is 28.8 Å². The van der Waals surface area contributed by atoms with E-state index in [4.69, 9.17) is 21.2 Å². The number of rotatable bonds is 3. The number of amides is 1. The van der Waals surface area contributed by atoms with Gasteiger partial charge in [-0.25, -0.2) is 5.06 Å². The van der Waals surface area contributed by atoms with E-state index >= 15 is 0 Å². The number of carbonyl (C=O) groups is 1. The molecule has 0 aliphatic heterocycles. The van der Waals surface area contributed by atoms with Crippen molar-refractivity contribution in [2.45, 2.75) is 0 Å². The molecule has 1 aromatic carbocycles. The fourth-order valence-corrected chi connectivity index (χ4v) is 1.25. The van der Waals surface area contributed by atoms with Gasteiger partial charge in [-0.2, -0.15) is 0 Å². The van der Waals surface area contributed by atoms with Crippen molar-refractivity contribution >= 4 is 17.5 Å². The van der Waals surface area contributed by atoms with Gasteiger partial charge in [0.1, 0.15) is 5.75 Å². The summed E-state index contributed by atoms with van der Waals surface area (Å²) in [4.78, 5) is 16.4. The van der Waals surface area contributed by atoms with Crippen molar-refractivity contribution in [3.8, 4) is 5.75 Å². The first-order valence-corrected chi connectivity index (χ1v) is 4.63. The normalized spacial score (nSPS) is 9.87. The maximum Gasteiger partial charge on any atom is 0.277 e. The molecule has 82 valence electrons. The summed E-state index contributed by atoms with van der Waals surface area (Å²) in [6.45, 7) is 0. The minimum absolute atomic E-state index is 0.257. The summed E-state index contributed by atoms with van der Waals surface area (Å²) < 4.78 is 5.01.